The summed E-state index contributed by atoms with van der Waals surface area (Å²) in [5.74, 6) is 2.03. The quantitative estimate of drug-likeness (QED) is 0.350. The number of ketones is 2. The largest absolute Gasteiger partial charge is 1.00 e. The molecule has 4 aliphatic heterocycles. The minimum Gasteiger partial charge on any atom is -1.00 e. The van der Waals surface area contributed by atoms with E-state index in [1.807, 2.05) is 19.2 Å². The highest BCUT2D eigenvalue weighted by Gasteiger charge is 2.74. The highest BCUT2D eigenvalue weighted by Crippen LogP contribution is 2.66. The van der Waals surface area contributed by atoms with Crippen LogP contribution in [0.5, 0.6) is 23.0 Å². The van der Waals surface area contributed by atoms with Crippen molar-refractivity contribution in [3.63, 3.8) is 0 Å². The first-order chi connectivity index (χ1) is 21.5. The van der Waals surface area contributed by atoms with E-state index >= 15 is 0 Å². The maximum absolute atomic E-state index is 12.7. The molecule has 246 valence electrons. The fourth-order valence-corrected chi connectivity index (χ4v) is 11.2. The molecule has 4 fully saturated rings. The van der Waals surface area contributed by atoms with Gasteiger partial charge < -0.3 is 51.7 Å². The number of hydrogen-bond donors (Lipinski definition) is 3. The minimum absolute atomic E-state index is 0. The van der Waals surface area contributed by atoms with Crippen LogP contribution in [0.25, 0.3) is 0 Å². The highest BCUT2D eigenvalue weighted by molar-refractivity contribution is 5.91. The topological polar surface area (TPSA) is 129 Å². The SMILES string of the molecule is CN1CC[C@]23c4c5ccc(O)c4O[C@H]2C(=O)CC[C@@]3(O)[C@H]1C5.COc1ccc2c3c1OC1C(=O)CC[C@@]4(O)[C@@H](C2)N(C)CC[C@]314.[Cl-].[H+]. The van der Waals surface area contributed by atoms with Crippen LogP contribution in [0.15, 0.2) is 24.3 Å². The fourth-order valence-electron chi connectivity index (χ4n) is 11.2. The van der Waals surface area contributed by atoms with Gasteiger partial charge in [0.15, 0.2) is 46.8 Å². The van der Waals surface area contributed by atoms with Crippen LogP contribution < -0.4 is 26.6 Å². The van der Waals surface area contributed by atoms with Crippen molar-refractivity contribution < 1.29 is 53.0 Å². The van der Waals surface area contributed by atoms with Gasteiger partial charge in [-0.15, -0.1) is 0 Å². The van der Waals surface area contributed by atoms with Crippen molar-refractivity contribution in [2.45, 2.75) is 97.7 Å². The average molecular weight is 653 g/mol. The molecule has 4 aliphatic carbocycles. The predicted molar refractivity (Wildman–Crippen MR) is 162 cm³/mol. The molecule has 4 bridgehead atoms. The molecule has 2 aromatic carbocycles. The number of carbonyl (C=O) groups is 2. The number of carbonyl (C=O) groups excluding carboxylic acids is 2. The number of benzene rings is 2. The zero-order valence-corrected chi connectivity index (χ0v) is 27.1. The lowest BCUT2D eigenvalue weighted by Crippen LogP contribution is -3.00. The Hall–Kier alpha value is -2.89. The summed E-state index contributed by atoms with van der Waals surface area (Å²) in [4.78, 5) is 29.6. The van der Waals surface area contributed by atoms with E-state index in [1.165, 1.54) is 5.56 Å². The van der Waals surface area contributed by atoms with Crippen LogP contribution in [-0.4, -0.2) is 106 Å². The van der Waals surface area contributed by atoms with Gasteiger partial charge in [-0.05, 0) is 89.0 Å². The average Bonchev–Trinajstić information content (AvgIpc) is 3.57. The first-order valence-electron chi connectivity index (χ1n) is 16.3. The van der Waals surface area contributed by atoms with Crippen LogP contribution >= 0.6 is 0 Å². The first-order valence-corrected chi connectivity index (χ1v) is 16.3. The Kier molecular flexibility index (Phi) is 6.35. The second-order valence-corrected chi connectivity index (χ2v) is 14.7. The van der Waals surface area contributed by atoms with Crippen molar-refractivity contribution >= 4 is 11.6 Å². The van der Waals surface area contributed by atoms with Gasteiger partial charge in [-0.1, -0.05) is 12.1 Å². The second kappa shape index (κ2) is 9.60. The molecule has 0 radical (unpaired) electrons. The van der Waals surface area contributed by atoms with Gasteiger partial charge in [-0.3, -0.25) is 9.59 Å². The van der Waals surface area contributed by atoms with Crippen molar-refractivity contribution in [3.8, 4) is 23.0 Å². The van der Waals surface area contributed by atoms with Crippen LogP contribution in [0.3, 0.4) is 0 Å². The lowest BCUT2D eigenvalue weighted by atomic mass is 9.49. The van der Waals surface area contributed by atoms with E-state index in [1.54, 1.807) is 13.2 Å². The molecule has 2 saturated heterocycles. The zero-order chi connectivity index (χ0) is 31.3. The van der Waals surface area contributed by atoms with Crippen LogP contribution in [0.2, 0.25) is 0 Å². The van der Waals surface area contributed by atoms with Gasteiger partial charge >= 0.3 is 1.43 Å². The molecule has 11 heteroatoms. The van der Waals surface area contributed by atoms with E-state index in [0.717, 1.165) is 49.0 Å². The molecule has 8 atom stereocenters. The van der Waals surface area contributed by atoms with Crippen LogP contribution in [0, 0.1) is 0 Å². The summed E-state index contributed by atoms with van der Waals surface area (Å²) in [6.45, 7) is 1.70. The summed E-state index contributed by atoms with van der Waals surface area (Å²) in [7, 11) is 5.74. The molecular weight excluding hydrogens is 612 g/mol. The predicted octanol–water partition coefficient (Wildman–Crippen LogP) is -1.09. The normalized spacial score (nSPS) is 40.4. The molecule has 0 aromatic heterocycles. The first kappa shape index (κ1) is 30.4. The molecule has 10 rings (SSSR count). The number of phenols is 1. The second-order valence-electron chi connectivity index (χ2n) is 14.7. The van der Waals surface area contributed by atoms with Crippen molar-refractivity contribution in [2.75, 3.05) is 34.3 Å². The number of ether oxygens (including phenoxy) is 3. The van der Waals surface area contributed by atoms with Gasteiger partial charge in [-0.25, -0.2) is 0 Å². The standard InChI is InChI=1S/C18H21NO4.C17H19NO4.ClH/c1-19-8-7-17-14-10-3-4-12(22-2)15(14)23-16(17)11(20)5-6-18(17,21)13(19)9-10;1-18-7-6-16-13-9-2-3-10(19)14(13)22-15(16)11(20)4-5-17(16,21)12(18)8-9;/h3-4,13,16,21H,5-9H2,1-2H3;2-3,12,15,19,21H,4-8H2,1H3;1H/t13-,16?,17+,18-;12-,15+,16+,17-;/m11./s1. The van der Waals surface area contributed by atoms with E-state index < -0.39 is 34.2 Å². The number of Topliss-reactive ketones (excluding diaryl/α,β-unsaturated/α-hetero) is 2. The van der Waals surface area contributed by atoms with Crippen LogP contribution in [-0.2, 0) is 33.3 Å². The molecule has 10 nitrogen and oxygen atoms in total. The smallest absolute Gasteiger partial charge is 1.00 e. The molecular formula is C35H41ClN2O8. The number of phenolic OH excluding ortho intramolecular Hbond substituents is 1. The molecule has 2 spiro atoms. The Morgan fingerprint density at radius 2 is 1.26 bits per heavy atom. The van der Waals surface area contributed by atoms with E-state index in [9.17, 15) is 24.9 Å². The molecule has 8 aliphatic rings. The Morgan fingerprint density at radius 1 is 0.783 bits per heavy atom. The number of nitrogens with zero attached hydrogens (tertiary/aromatic N) is 2. The maximum atomic E-state index is 12.7. The van der Waals surface area contributed by atoms with E-state index in [4.69, 9.17) is 14.2 Å². The summed E-state index contributed by atoms with van der Waals surface area (Å²) in [5, 5.41) is 33.6. The Labute approximate surface area is 275 Å². The van der Waals surface area contributed by atoms with E-state index in [2.05, 4.69) is 22.9 Å². The van der Waals surface area contributed by atoms with E-state index in [-0.39, 0.29) is 43.2 Å². The third-order valence-corrected chi connectivity index (χ3v) is 13.3. The zero-order valence-electron chi connectivity index (χ0n) is 27.3. The summed E-state index contributed by atoms with van der Waals surface area (Å²) in [6, 6.07) is 7.62. The van der Waals surface area contributed by atoms with Crippen molar-refractivity contribution in [2.24, 2.45) is 0 Å². The number of halogens is 1. The van der Waals surface area contributed by atoms with Crippen molar-refractivity contribution in [1.82, 2.24) is 9.80 Å². The summed E-state index contributed by atoms with van der Waals surface area (Å²) in [5.41, 5.74) is 1.11. The van der Waals surface area contributed by atoms with Gasteiger partial charge in [0, 0.05) is 36.1 Å². The maximum Gasteiger partial charge on any atom is 1.00 e. The number of hydrogen-bond acceptors (Lipinski definition) is 10. The molecule has 0 amide bonds. The number of aromatic hydroxyl groups is 1. The summed E-state index contributed by atoms with van der Waals surface area (Å²) < 4.78 is 17.6. The van der Waals surface area contributed by atoms with Crippen LogP contribution in [0.1, 0.15) is 62.2 Å². The molecule has 4 heterocycles. The fraction of sp³-hybridized carbons (Fsp3) is 0.600. The molecule has 3 N–H and O–H groups in total. The van der Waals surface area contributed by atoms with Gasteiger partial charge in [-0.2, -0.15) is 0 Å². The lowest BCUT2D eigenvalue weighted by Gasteiger charge is -2.62. The molecule has 1 unspecified atom stereocenters. The van der Waals surface area contributed by atoms with Crippen molar-refractivity contribution in [1.29, 1.82) is 0 Å². The minimum atomic E-state index is -0.954. The third kappa shape index (κ3) is 3.23. The Bertz CT molecular complexity index is 1710. The van der Waals surface area contributed by atoms with Gasteiger partial charge in [0.1, 0.15) is 0 Å². The highest BCUT2D eigenvalue weighted by atomic mass is 35.5. The van der Waals surface area contributed by atoms with Crippen molar-refractivity contribution in [3.05, 3.63) is 46.5 Å². The molecule has 46 heavy (non-hydrogen) atoms. The number of likely N-dealkylation sites (tertiary alicyclic amines) is 2. The van der Waals surface area contributed by atoms with Crippen LogP contribution in [0.4, 0.5) is 0 Å². The van der Waals surface area contributed by atoms with Gasteiger partial charge in [0.25, 0.3) is 0 Å². The Balaban J connectivity index is 0.000000143. The molecule has 2 aromatic rings. The number of aliphatic hydroxyl groups is 2. The van der Waals surface area contributed by atoms with Gasteiger partial charge in [0.2, 0.25) is 0 Å². The monoisotopic (exact) mass is 652 g/mol. The number of piperidine rings is 2. The van der Waals surface area contributed by atoms with Gasteiger partial charge in [0.05, 0.1) is 29.1 Å². The Morgan fingerprint density at radius 3 is 1.78 bits per heavy atom. The summed E-state index contributed by atoms with van der Waals surface area (Å²) in [6.07, 6.45) is 3.50. The third-order valence-electron chi connectivity index (χ3n) is 13.3. The number of likely N-dealkylation sites (N-methyl/N-ethyl adjacent to an activating group) is 2. The number of rotatable bonds is 1. The molecule has 2 saturated carbocycles. The van der Waals surface area contributed by atoms with E-state index in [0.29, 0.717) is 49.4 Å². The summed E-state index contributed by atoms with van der Waals surface area (Å²) >= 11 is 0. The lowest BCUT2D eigenvalue weighted by molar-refractivity contribution is -0.185. The number of methoxy groups -OCH3 is 1.